The van der Waals surface area contributed by atoms with Gasteiger partial charge in [-0.05, 0) is 6.07 Å². The largest absolute Gasteiger partial charge is 0.461 e. The zero-order chi connectivity index (χ0) is 6.69. The Hall–Kier alpha value is -1.09. The number of rotatable bonds is 2. The fourth-order valence-corrected chi connectivity index (χ4v) is 0.619. The van der Waals surface area contributed by atoms with Crippen molar-refractivity contribution >= 4 is 6.29 Å². The first kappa shape index (κ1) is 6.04. The summed E-state index contributed by atoms with van der Waals surface area (Å²) in [6, 6.07) is 1.68. The molecule has 0 aliphatic rings. The van der Waals surface area contributed by atoms with E-state index >= 15 is 0 Å². The maximum Gasteiger partial charge on any atom is 0.185 e. The predicted molar refractivity (Wildman–Crippen MR) is 32.0 cm³/mol. The van der Waals surface area contributed by atoms with Gasteiger partial charge in [-0.3, -0.25) is 4.79 Å². The van der Waals surface area contributed by atoms with Crippen molar-refractivity contribution in [1.82, 2.24) is 0 Å². The van der Waals surface area contributed by atoms with Gasteiger partial charge in [0.05, 0.1) is 6.26 Å². The molecule has 0 fully saturated rings. The molecule has 0 saturated carbocycles. The molecule has 2 N–H and O–H groups in total. The van der Waals surface area contributed by atoms with Crippen molar-refractivity contribution < 1.29 is 9.21 Å². The second-order valence-corrected chi connectivity index (χ2v) is 1.63. The van der Waals surface area contributed by atoms with Crippen LogP contribution in [0.1, 0.15) is 16.1 Å². The first-order chi connectivity index (χ1) is 4.38. The van der Waals surface area contributed by atoms with Crippen molar-refractivity contribution in [2.45, 2.75) is 6.54 Å². The highest BCUT2D eigenvalue weighted by Gasteiger charge is 2.00. The van der Waals surface area contributed by atoms with E-state index in [0.29, 0.717) is 18.6 Å². The maximum atomic E-state index is 10.1. The summed E-state index contributed by atoms with van der Waals surface area (Å²) in [4.78, 5) is 10.1. The fraction of sp³-hybridized carbons (Fsp3) is 0.167. The quantitative estimate of drug-likeness (QED) is 0.587. The summed E-state index contributed by atoms with van der Waals surface area (Å²) in [5.74, 6) is 0.331. The third kappa shape index (κ3) is 1.000. The van der Waals surface area contributed by atoms with Crippen molar-refractivity contribution in [3.05, 3.63) is 23.7 Å². The number of aldehydes is 1. The first-order valence-electron chi connectivity index (χ1n) is 2.60. The van der Waals surface area contributed by atoms with Crippen LogP contribution in [0.4, 0.5) is 0 Å². The Morgan fingerprint density at radius 1 is 1.78 bits per heavy atom. The summed E-state index contributed by atoms with van der Waals surface area (Å²) >= 11 is 0. The highest BCUT2D eigenvalue weighted by atomic mass is 16.3. The third-order valence-electron chi connectivity index (χ3n) is 1.11. The lowest BCUT2D eigenvalue weighted by atomic mass is 10.3. The van der Waals surface area contributed by atoms with Crippen LogP contribution in [0.25, 0.3) is 0 Å². The van der Waals surface area contributed by atoms with Gasteiger partial charge in [-0.2, -0.15) is 0 Å². The number of furan rings is 1. The third-order valence-corrected chi connectivity index (χ3v) is 1.11. The van der Waals surface area contributed by atoms with Crippen molar-refractivity contribution in [3.63, 3.8) is 0 Å². The Kier molecular flexibility index (Phi) is 1.65. The van der Waals surface area contributed by atoms with Crippen LogP contribution in [-0.2, 0) is 6.54 Å². The molecular formula is C6H7NO2. The number of hydrogen-bond acceptors (Lipinski definition) is 3. The van der Waals surface area contributed by atoms with Crippen LogP contribution in [-0.4, -0.2) is 6.29 Å². The minimum absolute atomic E-state index is 0.331. The summed E-state index contributed by atoms with van der Waals surface area (Å²) in [5.41, 5.74) is 6.01. The van der Waals surface area contributed by atoms with Gasteiger partial charge in [0.25, 0.3) is 0 Å². The van der Waals surface area contributed by atoms with Gasteiger partial charge in [-0.1, -0.05) is 0 Å². The SMILES string of the molecule is NCc1ccoc1C=O. The average molecular weight is 125 g/mol. The number of carbonyl (C=O) groups is 1. The zero-order valence-electron chi connectivity index (χ0n) is 4.83. The van der Waals surface area contributed by atoms with Crippen LogP contribution in [0.2, 0.25) is 0 Å². The summed E-state index contributed by atoms with van der Waals surface area (Å²) in [6.45, 7) is 0.352. The van der Waals surface area contributed by atoms with Crippen molar-refractivity contribution in [2.24, 2.45) is 5.73 Å². The lowest BCUT2D eigenvalue weighted by molar-refractivity contribution is 0.109. The van der Waals surface area contributed by atoms with Crippen molar-refractivity contribution in [2.75, 3.05) is 0 Å². The predicted octanol–water partition coefficient (Wildman–Crippen LogP) is 0.551. The minimum Gasteiger partial charge on any atom is -0.461 e. The molecule has 0 spiro atoms. The normalized spacial score (nSPS) is 9.44. The molecule has 1 rings (SSSR count). The molecule has 0 saturated heterocycles. The van der Waals surface area contributed by atoms with Crippen LogP contribution in [0.15, 0.2) is 16.7 Å². The molecule has 0 aliphatic heterocycles. The smallest absolute Gasteiger partial charge is 0.185 e. The molecule has 0 radical (unpaired) electrons. The van der Waals surface area contributed by atoms with Crippen LogP contribution >= 0.6 is 0 Å². The molecule has 1 heterocycles. The average Bonchev–Trinajstić information content (AvgIpc) is 2.33. The van der Waals surface area contributed by atoms with Gasteiger partial charge in [0.1, 0.15) is 0 Å². The molecule has 1 aromatic rings. The lowest BCUT2D eigenvalue weighted by Crippen LogP contribution is -1.96. The minimum atomic E-state index is 0.331. The Morgan fingerprint density at radius 2 is 2.56 bits per heavy atom. The van der Waals surface area contributed by atoms with E-state index in [-0.39, 0.29) is 0 Å². The second-order valence-electron chi connectivity index (χ2n) is 1.63. The van der Waals surface area contributed by atoms with Gasteiger partial charge in [0.2, 0.25) is 0 Å². The van der Waals surface area contributed by atoms with E-state index in [1.807, 2.05) is 0 Å². The Bertz CT molecular complexity index is 205. The molecule has 3 nitrogen and oxygen atoms in total. The van der Waals surface area contributed by atoms with E-state index in [1.165, 1.54) is 6.26 Å². The summed E-state index contributed by atoms with van der Waals surface area (Å²) < 4.78 is 4.76. The molecule has 0 aliphatic carbocycles. The molecule has 0 aromatic carbocycles. The molecule has 0 bridgehead atoms. The monoisotopic (exact) mass is 125 g/mol. The standard InChI is InChI=1S/C6H7NO2/c7-3-5-1-2-9-6(5)4-8/h1-2,4H,3,7H2. The lowest BCUT2D eigenvalue weighted by Gasteiger charge is -1.85. The van der Waals surface area contributed by atoms with Gasteiger partial charge < -0.3 is 10.2 Å². The molecule has 9 heavy (non-hydrogen) atoms. The Morgan fingerprint density at radius 3 is 3.00 bits per heavy atom. The van der Waals surface area contributed by atoms with E-state index in [1.54, 1.807) is 6.07 Å². The number of carbonyl (C=O) groups excluding carboxylic acids is 1. The van der Waals surface area contributed by atoms with E-state index in [4.69, 9.17) is 10.2 Å². The fourth-order valence-electron chi connectivity index (χ4n) is 0.619. The zero-order valence-corrected chi connectivity index (χ0v) is 4.83. The van der Waals surface area contributed by atoms with Crippen LogP contribution in [0.5, 0.6) is 0 Å². The summed E-state index contributed by atoms with van der Waals surface area (Å²) in [7, 11) is 0. The van der Waals surface area contributed by atoms with Crippen LogP contribution in [0, 0.1) is 0 Å². The van der Waals surface area contributed by atoms with Crippen molar-refractivity contribution in [3.8, 4) is 0 Å². The molecular weight excluding hydrogens is 118 g/mol. The summed E-state index contributed by atoms with van der Waals surface area (Å²) in [6.07, 6.45) is 2.11. The van der Waals surface area contributed by atoms with E-state index in [9.17, 15) is 4.79 Å². The molecule has 0 unspecified atom stereocenters. The first-order valence-corrected chi connectivity index (χ1v) is 2.60. The van der Waals surface area contributed by atoms with Crippen molar-refractivity contribution in [1.29, 1.82) is 0 Å². The van der Waals surface area contributed by atoms with E-state index < -0.39 is 0 Å². The van der Waals surface area contributed by atoms with E-state index in [2.05, 4.69) is 0 Å². The maximum absolute atomic E-state index is 10.1. The Balaban J connectivity index is 2.98. The molecule has 0 atom stereocenters. The van der Waals surface area contributed by atoms with Crippen LogP contribution < -0.4 is 5.73 Å². The van der Waals surface area contributed by atoms with Gasteiger partial charge in [0, 0.05) is 12.1 Å². The molecule has 0 amide bonds. The molecule has 1 aromatic heterocycles. The number of nitrogens with two attached hydrogens (primary N) is 1. The van der Waals surface area contributed by atoms with Gasteiger partial charge in [-0.25, -0.2) is 0 Å². The molecule has 3 heteroatoms. The topological polar surface area (TPSA) is 56.2 Å². The van der Waals surface area contributed by atoms with Gasteiger partial charge in [-0.15, -0.1) is 0 Å². The Labute approximate surface area is 52.5 Å². The van der Waals surface area contributed by atoms with Gasteiger partial charge >= 0.3 is 0 Å². The number of hydrogen-bond donors (Lipinski definition) is 1. The highest BCUT2D eigenvalue weighted by molar-refractivity contribution is 5.72. The highest BCUT2D eigenvalue weighted by Crippen LogP contribution is 2.05. The van der Waals surface area contributed by atoms with E-state index in [0.717, 1.165) is 5.56 Å². The molecule has 48 valence electrons. The summed E-state index contributed by atoms with van der Waals surface area (Å²) in [5, 5.41) is 0. The van der Waals surface area contributed by atoms with Crippen LogP contribution in [0.3, 0.4) is 0 Å². The van der Waals surface area contributed by atoms with Gasteiger partial charge in [0.15, 0.2) is 12.0 Å². The second kappa shape index (κ2) is 2.46.